The molecule has 1 aliphatic rings. The number of ether oxygens (including phenoxy) is 1. The Labute approximate surface area is 172 Å². The van der Waals surface area contributed by atoms with Crippen LogP contribution in [0.25, 0.3) is 11.1 Å². The van der Waals surface area contributed by atoms with Gasteiger partial charge < -0.3 is 9.39 Å². The van der Waals surface area contributed by atoms with Crippen molar-refractivity contribution in [2.24, 2.45) is 0 Å². The van der Waals surface area contributed by atoms with Crippen molar-refractivity contribution in [2.75, 3.05) is 11.4 Å². The maximum Gasteiger partial charge on any atom is 0.414 e. The van der Waals surface area contributed by atoms with E-state index in [1.165, 1.54) is 17.3 Å². The number of aromatic nitrogens is 4. The minimum atomic E-state index is -0.519. The number of hydrogen-bond acceptors (Lipinski definition) is 7. The van der Waals surface area contributed by atoms with E-state index in [0.29, 0.717) is 30.7 Å². The first-order valence-corrected chi connectivity index (χ1v) is 9.32. The first-order valence-electron chi connectivity index (χ1n) is 9.32. The fraction of sp³-hybridized carbons (Fsp3) is 0.211. The standard InChI is InChI=1S/C19H18BFN6O3/c21-18-7-15(27-10-16(30-19(27)28)8-20-29-11-22)5-6-17(18)14-3-1-13(2-4-14)9-26-12-23-24-25-26/h1-7,11-12,16,20,22H,8-10H2/t16-/m0/s1. The summed E-state index contributed by atoms with van der Waals surface area (Å²) in [6.45, 7) is 0.836. The number of carbonyl (C=O) groups is 1. The Morgan fingerprint density at radius 1 is 1.30 bits per heavy atom. The highest BCUT2D eigenvalue weighted by molar-refractivity contribution is 6.29. The van der Waals surface area contributed by atoms with Gasteiger partial charge in [0.15, 0.2) is 0 Å². The fourth-order valence-corrected chi connectivity index (χ4v) is 3.28. The quantitative estimate of drug-likeness (QED) is 0.265. The van der Waals surface area contributed by atoms with Crippen LogP contribution in [0.3, 0.4) is 0 Å². The molecule has 0 radical (unpaired) electrons. The zero-order valence-electron chi connectivity index (χ0n) is 15.9. The van der Waals surface area contributed by atoms with E-state index in [1.54, 1.807) is 16.8 Å². The number of rotatable bonds is 8. The van der Waals surface area contributed by atoms with E-state index in [2.05, 4.69) is 15.5 Å². The SMILES string of the molecule is N=COBC[C@H]1CN(c2ccc(-c3ccc(Cn4cnnn4)cc3)c(F)c2)C(=O)O1. The molecule has 0 unspecified atom stereocenters. The lowest BCUT2D eigenvalue weighted by Gasteiger charge is -2.14. The number of benzene rings is 2. The van der Waals surface area contributed by atoms with Crippen LogP contribution in [0.4, 0.5) is 14.9 Å². The van der Waals surface area contributed by atoms with Crippen LogP contribution in [0.2, 0.25) is 6.32 Å². The molecule has 0 bridgehead atoms. The van der Waals surface area contributed by atoms with Crippen molar-refractivity contribution in [2.45, 2.75) is 19.0 Å². The van der Waals surface area contributed by atoms with Gasteiger partial charge in [0.1, 0.15) is 24.6 Å². The Hall–Kier alpha value is -3.76. The third kappa shape index (κ3) is 4.29. The van der Waals surface area contributed by atoms with Gasteiger partial charge in [0, 0.05) is 11.9 Å². The van der Waals surface area contributed by atoms with Gasteiger partial charge in [0.05, 0.1) is 18.8 Å². The van der Waals surface area contributed by atoms with Crippen LogP contribution in [0, 0.1) is 11.2 Å². The molecule has 0 spiro atoms. The number of anilines is 1. The third-order valence-corrected chi connectivity index (χ3v) is 4.78. The van der Waals surface area contributed by atoms with Crippen molar-refractivity contribution in [1.29, 1.82) is 5.41 Å². The number of halogens is 1. The van der Waals surface area contributed by atoms with Crippen molar-refractivity contribution >= 4 is 25.7 Å². The van der Waals surface area contributed by atoms with Crippen molar-refractivity contribution in [3.05, 3.63) is 60.2 Å². The number of hydrogen-bond donors (Lipinski definition) is 1. The number of carbonyl (C=O) groups excluding carboxylic acids is 1. The molecular formula is C19H18BFN6O3. The molecule has 1 saturated heterocycles. The number of amides is 1. The molecule has 152 valence electrons. The molecule has 2 aromatic carbocycles. The molecule has 2 heterocycles. The molecule has 4 rings (SSSR count). The zero-order chi connectivity index (χ0) is 20.9. The largest absolute Gasteiger partial charge is 0.557 e. The Morgan fingerprint density at radius 3 is 2.83 bits per heavy atom. The Balaban J connectivity index is 1.45. The molecule has 1 aromatic heterocycles. The summed E-state index contributed by atoms with van der Waals surface area (Å²) in [6.07, 6.45) is 1.97. The van der Waals surface area contributed by atoms with Gasteiger partial charge in [-0.3, -0.25) is 10.3 Å². The first-order chi connectivity index (χ1) is 14.6. The van der Waals surface area contributed by atoms with Crippen molar-refractivity contribution < 1.29 is 18.6 Å². The minimum absolute atomic E-state index is 0.284. The Bertz CT molecular complexity index is 1030. The Kier molecular flexibility index (Phi) is 5.69. The summed E-state index contributed by atoms with van der Waals surface area (Å²) >= 11 is 0. The summed E-state index contributed by atoms with van der Waals surface area (Å²) in [6, 6.07) is 12.1. The summed E-state index contributed by atoms with van der Waals surface area (Å²) < 4.78 is 26.5. The van der Waals surface area contributed by atoms with Gasteiger partial charge in [-0.25, -0.2) is 13.9 Å². The molecule has 9 nitrogen and oxygen atoms in total. The van der Waals surface area contributed by atoms with Gasteiger partial charge in [0.2, 0.25) is 0 Å². The van der Waals surface area contributed by atoms with Crippen LogP contribution >= 0.6 is 0 Å². The van der Waals surface area contributed by atoms with E-state index in [-0.39, 0.29) is 13.6 Å². The van der Waals surface area contributed by atoms with Gasteiger partial charge in [-0.2, -0.15) is 0 Å². The van der Waals surface area contributed by atoms with Gasteiger partial charge in [-0.05, 0) is 39.8 Å². The summed E-state index contributed by atoms with van der Waals surface area (Å²) in [5.74, 6) is -0.427. The van der Waals surface area contributed by atoms with Gasteiger partial charge in [-0.1, -0.05) is 24.3 Å². The number of nitrogens with one attached hydrogen (secondary N) is 1. The predicted molar refractivity (Wildman–Crippen MR) is 108 cm³/mol. The topological polar surface area (TPSA) is 106 Å². The highest BCUT2D eigenvalue weighted by Crippen LogP contribution is 2.29. The molecule has 1 amide bonds. The van der Waals surface area contributed by atoms with Gasteiger partial charge in [-0.15, -0.1) is 5.10 Å². The van der Waals surface area contributed by atoms with E-state index in [9.17, 15) is 9.18 Å². The average molecular weight is 408 g/mol. The van der Waals surface area contributed by atoms with E-state index in [4.69, 9.17) is 14.8 Å². The highest BCUT2D eigenvalue weighted by atomic mass is 19.1. The van der Waals surface area contributed by atoms with Gasteiger partial charge >= 0.3 is 13.6 Å². The number of nitrogens with zero attached hydrogens (tertiary/aromatic N) is 5. The molecule has 1 fully saturated rings. The molecule has 0 aliphatic carbocycles. The summed E-state index contributed by atoms with van der Waals surface area (Å²) in [5.41, 5.74) is 2.59. The third-order valence-electron chi connectivity index (χ3n) is 4.78. The summed E-state index contributed by atoms with van der Waals surface area (Å²) in [4.78, 5) is 13.5. The maximum atomic E-state index is 14.8. The molecule has 3 aromatic rings. The van der Waals surface area contributed by atoms with E-state index >= 15 is 0 Å². The highest BCUT2D eigenvalue weighted by Gasteiger charge is 2.32. The molecule has 30 heavy (non-hydrogen) atoms. The van der Waals surface area contributed by atoms with E-state index in [0.717, 1.165) is 17.5 Å². The van der Waals surface area contributed by atoms with Crippen LogP contribution in [-0.2, 0) is 15.9 Å². The zero-order valence-corrected chi connectivity index (χ0v) is 15.9. The molecular weight excluding hydrogens is 390 g/mol. The fourth-order valence-electron chi connectivity index (χ4n) is 3.28. The van der Waals surface area contributed by atoms with Crippen molar-refractivity contribution in [3.63, 3.8) is 0 Å². The van der Waals surface area contributed by atoms with Crippen molar-refractivity contribution in [1.82, 2.24) is 20.2 Å². The summed E-state index contributed by atoms with van der Waals surface area (Å²) in [5, 5.41) is 17.9. The van der Waals surface area contributed by atoms with Crippen LogP contribution in [-0.4, -0.2) is 52.8 Å². The average Bonchev–Trinajstić information content (AvgIpc) is 3.38. The molecule has 1 atom stereocenters. The first kappa shape index (κ1) is 19.6. The monoisotopic (exact) mass is 408 g/mol. The number of tetrazole rings is 1. The number of cyclic esters (lactones) is 1. The second-order valence-electron chi connectivity index (χ2n) is 6.76. The smallest absolute Gasteiger partial charge is 0.414 e. The van der Waals surface area contributed by atoms with Crippen molar-refractivity contribution in [3.8, 4) is 11.1 Å². The lowest BCUT2D eigenvalue weighted by Crippen LogP contribution is -2.25. The molecule has 1 aliphatic heterocycles. The second-order valence-corrected chi connectivity index (χ2v) is 6.76. The van der Waals surface area contributed by atoms with Crippen LogP contribution in [0.5, 0.6) is 0 Å². The van der Waals surface area contributed by atoms with E-state index in [1.807, 2.05) is 24.3 Å². The van der Waals surface area contributed by atoms with Crippen LogP contribution in [0.15, 0.2) is 48.8 Å². The maximum absolute atomic E-state index is 14.8. The minimum Gasteiger partial charge on any atom is -0.557 e. The molecule has 1 N–H and O–H groups in total. The normalized spacial score (nSPS) is 15.7. The second kappa shape index (κ2) is 8.72. The predicted octanol–water partition coefficient (Wildman–Crippen LogP) is 2.25. The molecule has 11 heteroatoms. The Morgan fingerprint density at radius 2 is 2.13 bits per heavy atom. The lowest BCUT2D eigenvalue weighted by atomic mass is 9.91. The van der Waals surface area contributed by atoms with Crippen LogP contribution in [0.1, 0.15) is 5.56 Å². The van der Waals surface area contributed by atoms with E-state index < -0.39 is 11.9 Å². The molecule has 0 saturated carbocycles. The van der Waals surface area contributed by atoms with Crippen LogP contribution < -0.4 is 4.90 Å². The summed E-state index contributed by atoms with van der Waals surface area (Å²) in [7, 11) is 0.284. The lowest BCUT2D eigenvalue weighted by molar-refractivity contribution is 0.149. The van der Waals surface area contributed by atoms with Gasteiger partial charge in [0.25, 0.3) is 0 Å².